The van der Waals surface area contributed by atoms with Gasteiger partial charge in [-0.25, -0.2) is 17.7 Å². The van der Waals surface area contributed by atoms with Crippen LogP contribution in [0.25, 0.3) is 5.57 Å². The summed E-state index contributed by atoms with van der Waals surface area (Å²) in [6, 6.07) is 5.57. The molecule has 2 aliphatic rings. The minimum atomic E-state index is -2.54. The van der Waals surface area contributed by atoms with Gasteiger partial charge in [0.2, 0.25) is 0 Å². The Bertz CT molecular complexity index is 1810. The standard InChI is InChI=1S/C34H39F3N2O4Si.CO2/c1-11-43-33(42)28(34(2,3)4)27-29(35)25(26(32(40)41)30(36)31(27)37)24-20-14-12-18(38(5)6)16-22(20)44(9,10)23-17-19(39(7)8)13-15-21(23)24;2-1-3/h12-17,28H,11H2,1-10H3;. The maximum atomic E-state index is 17.2. The zero-order valence-electron chi connectivity index (χ0n) is 28.2. The molecule has 0 saturated heterocycles. The van der Waals surface area contributed by atoms with Gasteiger partial charge in [-0.1, -0.05) is 39.9 Å². The first-order valence-electron chi connectivity index (χ1n) is 14.9. The van der Waals surface area contributed by atoms with E-state index in [2.05, 4.69) is 13.1 Å². The Morgan fingerprint density at radius 1 is 1.04 bits per heavy atom. The molecule has 1 unspecified atom stereocenters. The van der Waals surface area contributed by atoms with Gasteiger partial charge in [0.05, 0.1) is 18.5 Å². The van der Waals surface area contributed by atoms with Crippen LogP contribution in [0.5, 0.6) is 0 Å². The molecule has 1 aliphatic heterocycles. The van der Waals surface area contributed by atoms with Gasteiger partial charge in [-0.05, 0) is 57.6 Å². The van der Waals surface area contributed by atoms with E-state index < -0.39 is 65.5 Å². The van der Waals surface area contributed by atoms with Crippen LogP contribution in [0.3, 0.4) is 0 Å². The number of benzene rings is 2. The van der Waals surface area contributed by atoms with Gasteiger partial charge >= 0.3 is 12.1 Å². The van der Waals surface area contributed by atoms with Crippen molar-refractivity contribution in [2.75, 3.05) is 39.7 Å². The molecule has 2 aromatic carbocycles. The molecule has 0 N–H and O–H groups in total. The zero-order valence-corrected chi connectivity index (χ0v) is 29.2. The van der Waals surface area contributed by atoms with E-state index in [1.54, 1.807) is 39.8 Å². The van der Waals surface area contributed by atoms with Crippen LogP contribution in [0.2, 0.25) is 13.1 Å². The average Bonchev–Trinajstić information content (AvgIpc) is 2.97. The first kappa shape index (κ1) is 36.9. The molecule has 0 spiro atoms. The minimum Gasteiger partial charge on any atom is -0.545 e. The van der Waals surface area contributed by atoms with Gasteiger partial charge < -0.3 is 19.5 Å². The molecule has 12 heteroatoms. The Morgan fingerprint density at radius 3 is 2.13 bits per heavy atom. The van der Waals surface area contributed by atoms with E-state index in [4.69, 9.17) is 14.3 Å². The molecule has 4 rings (SSSR count). The lowest BCUT2D eigenvalue weighted by Gasteiger charge is -2.39. The van der Waals surface area contributed by atoms with Crippen LogP contribution in [-0.2, 0) is 19.1 Å². The second-order valence-corrected chi connectivity index (χ2v) is 17.6. The summed E-state index contributed by atoms with van der Waals surface area (Å²) in [5, 5.41) is 14.3. The first-order valence-corrected chi connectivity index (χ1v) is 17.9. The molecule has 0 radical (unpaired) electrons. The maximum absolute atomic E-state index is 17.2. The molecule has 1 atom stereocenters. The molecular formula is C35H39F3N2O6Si. The highest BCUT2D eigenvalue weighted by Crippen LogP contribution is 2.47. The van der Waals surface area contributed by atoms with Crippen molar-refractivity contribution in [3.05, 3.63) is 86.9 Å². The van der Waals surface area contributed by atoms with Crippen LogP contribution in [0, 0.1) is 22.9 Å². The van der Waals surface area contributed by atoms with Crippen molar-refractivity contribution in [2.45, 2.75) is 46.7 Å². The number of carboxylic acids is 1. The normalized spacial score (nSPS) is 15.3. The monoisotopic (exact) mass is 668 g/mol. The second kappa shape index (κ2) is 13.7. The lowest BCUT2D eigenvalue weighted by molar-refractivity contribution is -0.462. The fraction of sp³-hybridized carbons (Fsp3) is 0.371. The zero-order chi connectivity index (χ0) is 35.8. The average molecular weight is 669 g/mol. The lowest BCUT2D eigenvalue weighted by Crippen LogP contribution is -2.50. The number of fused-ring (bicyclic) bond motifs is 2. The van der Waals surface area contributed by atoms with Crippen LogP contribution >= 0.6 is 0 Å². The Balaban J connectivity index is 0.00000192. The van der Waals surface area contributed by atoms with E-state index in [1.165, 1.54) is 0 Å². The number of carboxylic acid groups (broad SMARTS) is 1. The number of rotatable bonds is 6. The molecule has 8 nitrogen and oxygen atoms in total. The number of hydrogen-bond donors (Lipinski definition) is 0. The number of nitrogens with zero attached hydrogens (tertiary/aromatic N) is 2. The third-order valence-corrected chi connectivity index (χ3v) is 11.9. The van der Waals surface area contributed by atoms with Crippen LogP contribution in [0.4, 0.5) is 18.9 Å². The quantitative estimate of drug-likeness (QED) is 0.197. The number of halogens is 3. The summed E-state index contributed by atoms with van der Waals surface area (Å²) < 4.78 is 56.2. The number of esters is 1. The third kappa shape index (κ3) is 6.66. The summed E-state index contributed by atoms with van der Waals surface area (Å²) in [4.78, 5) is 43.9. The molecule has 1 heterocycles. The predicted molar refractivity (Wildman–Crippen MR) is 173 cm³/mol. The predicted octanol–water partition coefficient (Wildman–Crippen LogP) is 4.12. The minimum absolute atomic E-state index is 0.0681. The lowest BCUT2D eigenvalue weighted by atomic mass is 9.74. The van der Waals surface area contributed by atoms with Crippen molar-refractivity contribution in [1.82, 2.24) is 0 Å². The van der Waals surface area contributed by atoms with Crippen LogP contribution in [-0.4, -0.2) is 71.2 Å². The highest BCUT2D eigenvalue weighted by atomic mass is 28.3. The van der Waals surface area contributed by atoms with Crippen molar-refractivity contribution in [3.8, 4) is 0 Å². The van der Waals surface area contributed by atoms with Gasteiger partial charge in [-0.3, -0.25) is 4.79 Å². The van der Waals surface area contributed by atoms with Crippen LogP contribution in [0.1, 0.15) is 60.7 Å². The van der Waals surface area contributed by atoms with Crippen LogP contribution < -0.4 is 15.2 Å². The van der Waals surface area contributed by atoms with Gasteiger partial charge in [-0.15, -0.1) is 0 Å². The molecule has 0 fully saturated rings. The molecule has 0 saturated carbocycles. The molecule has 47 heavy (non-hydrogen) atoms. The van der Waals surface area contributed by atoms with Crippen molar-refractivity contribution < 1.29 is 46.8 Å². The molecule has 2 aromatic rings. The third-order valence-electron chi connectivity index (χ3n) is 8.41. The van der Waals surface area contributed by atoms with Gasteiger partial charge in [-0.2, -0.15) is 9.59 Å². The van der Waals surface area contributed by atoms with E-state index in [1.807, 2.05) is 62.0 Å². The maximum Gasteiger partial charge on any atom is 0.373 e. The molecular weight excluding hydrogens is 629 g/mol. The second-order valence-electron chi connectivity index (χ2n) is 13.3. The van der Waals surface area contributed by atoms with E-state index in [-0.39, 0.29) is 18.3 Å². The van der Waals surface area contributed by atoms with Crippen molar-refractivity contribution in [2.24, 2.45) is 5.41 Å². The summed E-state index contributed by atoms with van der Waals surface area (Å²) in [5.41, 5.74) is -1.01. The highest BCUT2D eigenvalue weighted by molar-refractivity contribution is 6.98. The Kier molecular flexibility index (Phi) is 10.7. The molecule has 1 aliphatic carbocycles. The number of ether oxygens (including phenoxy) is 1. The Morgan fingerprint density at radius 2 is 1.64 bits per heavy atom. The number of carbonyl (C=O) groups excluding carboxylic acids is 4. The van der Waals surface area contributed by atoms with E-state index >= 15 is 13.2 Å². The van der Waals surface area contributed by atoms with Gasteiger partial charge in [0.1, 0.15) is 28.0 Å². The van der Waals surface area contributed by atoms with Crippen LogP contribution in [0.15, 0.2) is 47.2 Å². The van der Waals surface area contributed by atoms with Gasteiger partial charge in [0.15, 0.2) is 17.3 Å². The Labute approximate surface area is 273 Å². The van der Waals surface area contributed by atoms with Crippen molar-refractivity contribution >= 4 is 48.3 Å². The smallest absolute Gasteiger partial charge is 0.373 e. The molecule has 0 aromatic heterocycles. The molecule has 0 amide bonds. The summed E-state index contributed by atoms with van der Waals surface area (Å²) in [7, 11) is 5.01. The molecule has 0 bridgehead atoms. The number of hydrogen-bond acceptors (Lipinski definition) is 7. The number of allylic oxidation sites excluding steroid dienone is 5. The highest BCUT2D eigenvalue weighted by Gasteiger charge is 2.45. The van der Waals surface area contributed by atoms with Gasteiger partial charge in [0.25, 0.3) is 0 Å². The van der Waals surface area contributed by atoms with E-state index in [0.29, 0.717) is 11.1 Å². The number of aromatic carboxylic acids is 1. The van der Waals surface area contributed by atoms with E-state index in [0.717, 1.165) is 21.8 Å². The summed E-state index contributed by atoms with van der Waals surface area (Å²) in [6.07, 6.45) is 5.82. The summed E-state index contributed by atoms with van der Waals surface area (Å²) >= 11 is 0. The largest absolute Gasteiger partial charge is 0.545 e. The van der Waals surface area contributed by atoms with Crippen molar-refractivity contribution in [3.63, 3.8) is 0 Å². The van der Waals surface area contributed by atoms with E-state index in [9.17, 15) is 14.7 Å². The Hall–Kier alpha value is -4.54. The fourth-order valence-electron chi connectivity index (χ4n) is 6.14. The van der Waals surface area contributed by atoms with Crippen molar-refractivity contribution in [1.29, 1.82) is 0 Å². The SMILES string of the molecule is CCOC(=O)C(c1c(F)c(F)c(C(=O)[O-])c(C2=C3C=CC(=[N+](C)C)C=C3[Si](C)(C)c3cc(N(C)C)ccc32)c1F)C(C)(C)C.O=C=O. The first-order chi connectivity index (χ1) is 21.8. The number of carbonyl (C=O) groups is 2. The van der Waals surface area contributed by atoms with Gasteiger partial charge in [0, 0.05) is 48.6 Å². The number of anilines is 1. The fourth-order valence-corrected chi connectivity index (χ4v) is 9.21. The topological polar surface area (TPSA) is 107 Å². The summed E-state index contributed by atoms with van der Waals surface area (Å²) in [6.45, 7) is 10.5. The molecule has 250 valence electrons. The summed E-state index contributed by atoms with van der Waals surface area (Å²) in [5.74, 6) is -9.47.